The van der Waals surface area contributed by atoms with Gasteiger partial charge in [-0.05, 0) is 18.2 Å². The molecule has 3 nitrogen and oxygen atoms in total. The van der Waals surface area contributed by atoms with Gasteiger partial charge in [0.05, 0.1) is 12.1 Å². The maximum absolute atomic E-state index is 13.1. The van der Waals surface area contributed by atoms with E-state index in [0.29, 0.717) is 5.52 Å². The Labute approximate surface area is 90.7 Å². The van der Waals surface area contributed by atoms with Crippen LogP contribution in [0.1, 0.15) is 5.69 Å². The maximum Gasteiger partial charge on any atom is 0.143 e. The van der Waals surface area contributed by atoms with E-state index in [2.05, 4.69) is 9.87 Å². The first-order chi connectivity index (χ1) is 7.20. The van der Waals surface area contributed by atoms with Crippen LogP contribution in [-0.2, 0) is 16.4 Å². The molecule has 0 spiro atoms. The molecule has 2 rings (SSSR count). The topological polar surface area (TPSA) is 34.2 Å². The number of aromatic nitrogens is 1. The summed E-state index contributed by atoms with van der Waals surface area (Å²) in [7, 11) is 1.43. The zero-order valence-electron chi connectivity index (χ0n) is 8.01. The Morgan fingerprint density at radius 3 is 2.93 bits per heavy atom. The fourth-order valence-corrected chi connectivity index (χ4v) is 1.56. The second kappa shape index (κ2) is 4.18. The molecule has 0 amide bonds. The van der Waals surface area contributed by atoms with E-state index >= 15 is 0 Å². The Balaban J connectivity index is 2.38. The molecule has 0 fully saturated rings. The largest absolute Gasteiger partial charge is 0.356 e. The summed E-state index contributed by atoms with van der Waals surface area (Å²) >= 11 is 5.66. The number of halogens is 2. The Hall–Kier alpha value is -1.10. The lowest BCUT2D eigenvalue weighted by Crippen LogP contribution is -1.90. The quantitative estimate of drug-likeness (QED) is 0.648. The van der Waals surface area contributed by atoms with Crippen LogP contribution in [0.15, 0.2) is 18.2 Å². The third-order valence-electron chi connectivity index (χ3n) is 2.05. The van der Waals surface area contributed by atoms with Crippen molar-refractivity contribution in [3.8, 4) is 0 Å². The van der Waals surface area contributed by atoms with E-state index in [9.17, 15) is 4.39 Å². The van der Waals surface area contributed by atoms with Gasteiger partial charge in [-0.1, -0.05) is 11.6 Å². The molecular formula is C10H9ClFNO2. The van der Waals surface area contributed by atoms with Gasteiger partial charge in [0.1, 0.15) is 12.4 Å². The van der Waals surface area contributed by atoms with Crippen LogP contribution in [-0.4, -0.2) is 12.1 Å². The molecule has 80 valence electrons. The molecule has 0 radical (unpaired) electrons. The average Bonchev–Trinajstić information content (AvgIpc) is 2.58. The van der Waals surface area contributed by atoms with E-state index in [4.69, 9.17) is 16.5 Å². The highest BCUT2D eigenvalue weighted by Gasteiger charge is 2.06. The summed E-state index contributed by atoms with van der Waals surface area (Å²) < 4.78 is 13.1. The first kappa shape index (κ1) is 10.4. The van der Waals surface area contributed by atoms with Gasteiger partial charge in [-0.25, -0.2) is 14.2 Å². The van der Waals surface area contributed by atoms with Gasteiger partial charge in [-0.3, -0.25) is 0 Å². The molecule has 0 atom stereocenters. The fourth-order valence-electron chi connectivity index (χ4n) is 1.39. The maximum atomic E-state index is 13.1. The Bertz CT molecular complexity index is 444. The van der Waals surface area contributed by atoms with Gasteiger partial charge in [0.25, 0.3) is 0 Å². The number of hydrogen-bond acceptors (Lipinski definition) is 2. The summed E-state index contributed by atoms with van der Waals surface area (Å²) in [5.74, 6) is -0.440. The van der Waals surface area contributed by atoms with E-state index in [1.165, 1.54) is 13.2 Å². The third-order valence-corrected chi connectivity index (χ3v) is 2.34. The van der Waals surface area contributed by atoms with Crippen LogP contribution in [0.2, 0.25) is 5.02 Å². The first-order valence-corrected chi connectivity index (χ1v) is 4.71. The third kappa shape index (κ3) is 2.12. The minimum Gasteiger partial charge on any atom is -0.356 e. The molecule has 1 heterocycles. The number of aromatic amines is 1. The fraction of sp³-hybridized carbons (Fsp3) is 0.200. The van der Waals surface area contributed by atoms with Gasteiger partial charge in [0.15, 0.2) is 0 Å². The van der Waals surface area contributed by atoms with E-state index in [1.807, 2.05) is 6.07 Å². The zero-order valence-corrected chi connectivity index (χ0v) is 8.77. The predicted octanol–water partition coefficient (Wildman–Crippen LogP) is 3.04. The van der Waals surface area contributed by atoms with Crippen LogP contribution in [0.5, 0.6) is 0 Å². The van der Waals surface area contributed by atoms with Crippen LogP contribution >= 0.6 is 11.6 Å². The molecule has 0 saturated heterocycles. The van der Waals surface area contributed by atoms with Gasteiger partial charge < -0.3 is 4.98 Å². The predicted molar refractivity (Wildman–Crippen MR) is 55.1 cm³/mol. The molecule has 0 saturated carbocycles. The van der Waals surface area contributed by atoms with Crippen molar-refractivity contribution in [2.75, 3.05) is 7.11 Å². The van der Waals surface area contributed by atoms with Crippen molar-refractivity contribution in [2.24, 2.45) is 0 Å². The highest BCUT2D eigenvalue weighted by atomic mass is 35.5. The molecule has 1 N–H and O–H groups in total. The van der Waals surface area contributed by atoms with E-state index in [0.717, 1.165) is 11.1 Å². The van der Waals surface area contributed by atoms with Crippen LogP contribution in [0.4, 0.5) is 4.39 Å². The normalized spacial score (nSPS) is 11.1. The second-order valence-electron chi connectivity index (χ2n) is 3.08. The van der Waals surface area contributed by atoms with Crippen LogP contribution < -0.4 is 0 Å². The molecular weight excluding hydrogens is 221 g/mol. The summed E-state index contributed by atoms with van der Waals surface area (Å²) in [6.07, 6.45) is 0. The molecule has 0 bridgehead atoms. The number of fused-ring (bicyclic) bond motifs is 1. The van der Waals surface area contributed by atoms with Crippen molar-refractivity contribution in [1.82, 2.24) is 4.98 Å². The van der Waals surface area contributed by atoms with E-state index < -0.39 is 5.82 Å². The van der Waals surface area contributed by atoms with Crippen molar-refractivity contribution in [2.45, 2.75) is 6.61 Å². The van der Waals surface area contributed by atoms with Crippen molar-refractivity contribution >= 4 is 22.5 Å². The number of nitrogens with one attached hydrogen (secondary N) is 1. The average molecular weight is 230 g/mol. The Morgan fingerprint density at radius 1 is 1.40 bits per heavy atom. The molecule has 0 aliphatic rings. The number of hydrogen-bond donors (Lipinski definition) is 1. The molecule has 5 heteroatoms. The van der Waals surface area contributed by atoms with Gasteiger partial charge >= 0.3 is 0 Å². The van der Waals surface area contributed by atoms with Crippen LogP contribution in [0.3, 0.4) is 0 Å². The SMILES string of the molecule is COOCc1cc2cc(Cl)c(F)cc2[nH]1. The van der Waals surface area contributed by atoms with Crippen molar-refractivity contribution in [1.29, 1.82) is 0 Å². The van der Waals surface area contributed by atoms with E-state index in [1.54, 1.807) is 6.07 Å². The molecule has 0 unspecified atom stereocenters. The van der Waals surface area contributed by atoms with Gasteiger partial charge in [0.2, 0.25) is 0 Å². The van der Waals surface area contributed by atoms with Crippen molar-refractivity contribution in [3.63, 3.8) is 0 Å². The summed E-state index contributed by atoms with van der Waals surface area (Å²) in [5, 5.41) is 0.955. The Kier molecular flexibility index (Phi) is 2.90. The van der Waals surface area contributed by atoms with E-state index in [-0.39, 0.29) is 11.6 Å². The number of benzene rings is 1. The van der Waals surface area contributed by atoms with Gasteiger partial charge in [-0.2, -0.15) is 0 Å². The lowest BCUT2D eigenvalue weighted by molar-refractivity contribution is -0.282. The summed E-state index contributed by atoms with van der Waals surface area (Å²) in [6.45, 7) is 0.282. The zero-order chi connectivity index (χ0) is 10.8. The number of H-pyrrole nitrogens is 1. The first-order valence-electron chi connectivity index (χ1n) is 4.33. The number of rotatable bonds is 3. The minimum atomic E-state index is -0.440. The molecule has 15 heavy (non-hydrogen) atoms. The molecule has 0 aliphatic heterocycles. The monoisotopic (exact) mass is 229 g/mol. The van der Waals surface area contributed by atoms with Crippen LogP contribution in [0.25, 0.3) is 10.9 Å². The van der Waals surface area contributed by atoms with Crippen LogP contribution in [0, 0.1) is 5.82 Å². The molecule has 2 aromatic rings. The van der Waals surface area contributed by atoms with Crippen molar-refractivity contribution in [3.05, 3.63) is 34.7 Å². The smallest absolute Gasteiger partial charge is 0.143 e. The lowest BCUT2D eigenvalue weighted by Gasteiger charge is -1.95. The summed E-state index contributed by atoms with van der Waals surface area (Å²) in [4.78, 5) is 12.2. The lowest BCUT2D eigenvalue weighted by atomic mass is 10.2. The Morgan fingerprint density at radius 2 is 2.20 bits per heavy atom. The summed E-state index contributed by atoms with van der Waals surface area (Å²) in [6, 6.07) is 4.76. The van der Waals surface area contributed by atoms with Gasteiger partial charge in [-0.15, -0.1) is 0 Å². The highest BCUT2D eigenvalue weighted by Crippen LogP contribution is 2.23. The van der Waals surface area contributed by atoms with Gasteiger partial charge in [0, 0.05) is 16.6 Å². The standard InChI is InChI=1S/C10H9ClFNO2/c1-14-15-5-7-2-6-3-8(11)9(12)4-10(6)13-7/h2-4,13H,5H2,1H3. The minimum absolute atomic E-state index is 0.112. The molecule has 1 aromatic heterocycles. The molecule has 0 aliphatic carbocycles. The summed E-state index contributed by atoms with van der Waals surface area (Å²) in [5.41, 5.74) is 1.49. The molecule has 1 aromatic carbocycles. The van der Waals surface area contributed by atoms with Crippen molar-refractivity contribution < 1.29 is 14.2 Å². The highest BCUT2D eigenvalue weighted by molar-refractivity contribution is 6.31. The second-order valence-corrected chi connectivity index (χ2v) is 3.48.